The monoisotopic (exact) mass is 332 g/mol. The Labute approximate surface area is 144 Å². The minimum Gasteiger partial charge on any atom is -0.491 e. The van der Waals surface area contributed by atoms with Gasteiger partial charge in [-0.1, -0.05) is 6.92 Å². The summed E-state index contributed by atoms with van der Waals surface area (Å²) in [6, 6.07) is 7.36. The van der Waals surface area contributed by atoms with Gasteiger partial charge < -0.3 is 20.1 Å². The molecule has 0 saturated carbocycles. The van der Waals surface area contributed by atoms with Crippen LogP contribution in [0.2, 0.25) is 0 Å². The molecule has 3 rings (SSSR count). The largest absolute Gasteiger partial charge is 0.491 e. The molecule has 2 saturated heterocycles. The molecule has 0 spiro atoms. The van der Waals surface area contributed by atoms with Crippen LogP contribution in [-0.4, -0.2) is 44.9 Å². The van der Waals surface area contributed by atoms with E-state index < -0.39 is 0 Å². The zero-order chi connectivity index (χ0) is 16.8. The number of hydrogen-bond donors (Lipinski definition) is 2. The third-order valence-corrected chi connectivity index (χ3v) is 5.06. The highest BCUT2D eigenvalue weighted by Crippen LogP contribution is 2.26. The first-order valence-corrected chi connectivity index (χ1v) is 8.98. The van der Waals surface area contributed by atoms with Gasteiger partial charge in [0.25, 0.3) is 5.91 Å². The Morgan fingerprint density at radius 1 is 1.33 bits per heavy atom. The molecule has 2 fully saturated rings. The molecule has 1 amide bonds. The van der Waals surface area contributed by atoms with Gasteiger partial charge in [0.1, 0.15) is 12.4 Å². The van der Waals surface area contributed by atoms with Crippen LogP contribution in [0.4, 0.5) is 0 Å². The van der Waals surface area contributed by atoms with Crippen molar-refractivity contribution in [1.82, 2.24) is 10.6 Å². The lowest BCUT2D eigenvalue weighted by molar-refractivity contribution is 0.0679. The Bertz CT molecular complexity index is 532. The maximum Gasteiger partial charge on any atom is 0.251 e. The molecular weight excluding hydrogens is 304 g/mol. The molecule has 1 unspecified atom stereocenters. The maximum absolute atomic E-state index is 12.3. The molecule has 0 radical (unpaired) electrons. The molecule has 2 aliphatic rings. The minimum absolute atomic E-state index is 0.0135. The number of nitrogens with one attached hydrogen (secondary N) is 2. The average molecular weight is 332 g/mol. The molecule has 1 aromatic carbocycles. The summed E-state index contributed by atoms with van der Waals surface area (Å²) >= 11 is 0. The van der Waals surface area contributed by atoms with Gasteiger partial charge in [0.2, 0.25) is 0 Å². The topological polar surface area (TPSA) is 59.6 Å². The van der Waals surface area contributed by atoms with Crippen LogP contribution in [0, 0.1) is 5.41 Å². The van der Waals surface area contributed by atoms with Crippen LogP contribution in [0.15, 0.2) is 24.3 Å². The summed E-state index contributed by atoms with van der Waals surface area (Å²) in [6.07, 6.45) is 4.59. The Morgan fingerprint density at radius 3 is 2.75 bits per heavy atom. The van der Waals surface area contributed by atoms with Gasteiger partial charge in [0.15, 0.2) is 0 Å². The first-order chi connectivity index (χ1) is 11.6. The second kappa shape index (κ2) is 7.99. The molecule has 24 heavy (non-hydrogen) atoms. The number of carbonyl (C=O) groups is 1. The average Bonchev–Trinajstić information content (AvgIpc) is 3.13. The standard InChI is InChI=1S/C19H28N2O3/c1-19(8-10-20-11-9-19)14-21-18(22)15-4-6-16(7-5-15)24-13-17-3-2-12-23-17/h4-7,17,20H,2-3,8-14H2,1H3,(H,21,22). The molecule has 2 N–H and O–H groups in total. The van der Waals surface area contributed by atoms with E-state index in [1.54, 1.807) is 0 Å². The van der Waals surface area contributed by atoms with E-state index in [0.29, 0.717) is 12.2 Å². The Morgan fingerprint density at radius 2 is 2.08 bits per heavy atom. The fourth-order valence-electron chi connectivity index (χ4n) is 3.27. The van der Waals surface area contributed by atoms with E-state index in [0.717, 1.165) is 57.7 Å². The SMILES string of the molecule is CC1(CNC(=O)c2ccc(OCC3CCCO3)cc2)CCNCC1. The van der Waals surface area contributed by atoms with Crippen molar-refractivity contribution in [3.8, 4) is 5.75 Å². The highest BCUT2D eigenvalue weighted by Gasteiger charge is 2.27. The van der Waals surface area contributed by atoms with Crippen LogP contribution < -0.4 is 15.4 Å². The van der Waals surface area contributed by atoms with Gasteiger partial charge in [0.05, 0.1) is 6.10 Å². The first-order valence-electron chi connectivity index (χ1n) is 8.98. The van der Waals surface area contributed by atoms with E-state index in [1.165, 1.54) is 0 Å². The minimum atomic E-state index is -0.0135. The second-order valence-corrected chi connectivity index (χ2v) is 7.21. The van der Waals surface area contributed by atoms with Gasteiger partial charge in [-0.05, 0) is 68.5 Å². The van der Waals surface area contributed by atoms with E-state index in [9.17, 15) is 4.79 Å². The zero-order valence-electron chi connectivity index (χ0n) is 14.5. The maximum atomic E-state index is 12.3. The molecule has 0 aliphatic carbocycles. The van der Waals surface area contributed by atoms with E-state index in [-0.39, 0.29) is 17.4 Å². The quantitative estimate of drug-likeness (QED) is 0.840. The summed E-state index contributed by atoms with van der Waals surface area (Å²) in [5.74, 6) is 0.771. The molecule has 2 heterocycles. The van der Waals surface area contributed by atoms with Crippen LogP contribution in [-0.2, 0) is 4.74 Å². The lowest BCUT2D eigenvalue weighted by Gasteiger charge is -2.34. The van der Waals surface area contributed by atoms with Crippen LogP contribution in [0.25, 0.3) is 0 Å². The van der Waals surface area contributed by atoms with Gasteiger partial charge in [-0.3, -0.25) is 4.79 Å². The summed E-state index contributed by atoms with van der Waals surface area (Å²) in [4.78, 5) is 12.3. The van der Waals surface area contributed by atoms with Gasteiger partial charge in [-0.15, -0.1) is 0 Å². The lowest BCUT2D eigenvalue weighted by Crippen LogP contribution is -2.42. The molecule has 132 valence electrons. The molecular formula is C19H28N2O3. The van der Waals surface area contributed by atoms with E-state index >= 15 is 0 Å². The molecule has 1 atom stereocenters. The Balaban J connectivity index is 1.46. The van der Waals surface area contributed by atoms with E-state index in [2.05, 4.69) is 17.6 Å². The molecule has 5 nitrogen and oxygen atoms in total. The first kappa shape index (κ1) is 17.2. The summed E-state index contributed by atoms with van der Waals surface area (Å²) in [5, 5.41) is 6.44. The van der Waals surface area contributed by atoms with Crippen LogP contribution >= 0.6 is 0 Å². The Kier molecular flexibility index (Phi) is 5.74. The number of ether oxygens (including phenoxy) is 2. The number of piperidine rings is 1. The number of amides is 1. The van der Waals surface area contributed by atoms with Crippen molar-refractivity contribution in [2.75, 3.05) is 32.8 Å². The van der Waals surface area contributed by atoms with Crippen molar-refractivity contribution in [3.63, 3.8) is 0 Å². The Hall–Kier alpha value is -1.59. The fourth-order valence-corrected chi connectivity index (χ4v) is 3.27. The third-order valence-electron chi connectivity index (χ3n) is 5.06. The zero-order valence-corrected chi connectivity index (χ0v) is 14.5. The van der Waals surface area contributed by atoms with Crippen LogP contribution in [0.1, 0.15) is 43.0 Å². The van der Waals surface area contributed by atoms with Crippen molar-refractivity contribution < 1.29 is 14.3 Å². The van der Waals surface area contributed by atoms with Gasteiger partial charge in [-0.25, -0.2) is 0 Å². The molecule has 0 aromatic heterocycles. The highest BCUT2D eigenvalue weighted by atomic mass is 16.5. The molecule has 0 bridgehead atoms. The van der Waals surface area contributed by atoms with Crippen molar-refractivity contribution in [2.45, 2.75) is 38.7 Å². The highest BCUT2D eigenvalue weighted by molar-refractivity contribution is 5.94. The predicted octanol–water partition coefficient (Wildman–Crippen LogP) is 2.36. The van der Waals surface area contributed by atoms with Gasteiger partial charge >= 0.3 is 0 Å². The molecule has 1 aromatic rings. The van der Waals surface area contributed by atoms with Gasteiger partial charge in [-0.2, -0.15) is 0 Å². The van der Waals surface area contributed by atoms with Crippen molar-refractivity contribution in [2.24, 2.45) is 5.41 Å². The van der Waals surface area contributed by atoms with Crippen LogP contribution in [0.3, 0.4) is 0 Å². The predicted molar refractivity (Wildman–Crippen MR) is 93.5 cm³/mol. The van der Waals surface area contributed by atoms with E-state index in [1.807, 2.05) is 24.3 Å². The summed E-state index contributed by atoms with van der Waals surface area (Å²) in [5.41, 5.74) is 0.877. The second-order valence-electron chi connectivity index (χ2n) is 7.21. The normalized spacial score (nSPS) is 23.0. The summed E-state index contributed by atoms with van der Waals surface area (Å²) < 4.78 is 11.3. The fraction of sp³-hybridized carbons (Fsp3) is 0.632. The smallest absolute Gasteiger partial charge is 0.251 e. The summed E-state index contributed by atoms with van der Waals surface area (Å²) in [6.45, 7) is 6.45. The number of benzene rings is 1. The molecule has 5 heteroatoms. The number of rotatable bonds is 6. The summed E-state index contributed by atoms with van der Waals surface area (Å²) in [7, 11) is 0. The van der Waals surface area contributed by atoms with E-state index in [4.69, 9.17) is 9.47 Å². The number of carbonyl (C=O) groups excluding carboxylic acids is 1. The number of hydrogen-bond acceptors (Lipinski definition) is 4. The third kappa shape index (κ3) is 4.71. The van der Waals surface area contributed by atoms with Crippen molar-refractivity contribution >= 4 is 5.91 Å². The van der Waals surface area contributed by atoms with Crippen molar-refractivity contribution in [3.05, 3.63) is 29.8 Å². The molecule has 2 aliphatic heterocycles. The van der Waals surface area contributed by atoms with Crippen LogP contribution in [0.5, 0.6) is 5.75 Å². The van der Waals surface area contributed by atoms with Gasteiger partial charge in [0, 0.05) is 18.7 Å². The van der Waals surface area contributed by atoms with Crippen molar-refractivity contribution in [1.29, 1.82) is 0 Å². The lowest BCUT2D eigenvalue weighted by atomic mass is 9.81.